The lowest BCUT2D eigenvalue weighted by atomic mass is 10.1. The number of alkyl halides is 3. The van der Waals surface area contributed by atoms with Gasteiger partial charge in [0, 0.05) is 11.8 Å². The molecule has 1 atom stereocenters. The first kappa shape index (κ1) is 22.0. The number of methoxy groups -OCH3 is 1. The molecule has 0 aliphatic carbocycles. The van der Waals surface area contributed by atoms with Crippen LogP contribution < -0.4 is 4.74 Å². The molecule has 0 bridgehead atoms. The van der Waals surface area contributed by atoms with Gasteiger partial charge in [0.05, 0.1) is 24.6 Å². The predicted octanol–water partition coefficient (Wildman–Crippen LogP) is 4.03. The number of rotatable bonds is 6. The molecule has 2 aromatic heterocycles. The highest BCUT2D eigenvalue weighted by molar-refractivity contribution is 6.01. The highest BCUT2D eigenvalue weighted by Gasteiger charge is 2.31. The Balaban J connectivity index is 1.74. The molecule has 0 fully saturated rings. The number of ether oxygens (including phenoxy) is 2. The van der Waals surface area contributed by atoms with Gasteiger partial charge in [0.15, 0.2) is 11.9 Å². The van der Waals surface area contributed by atoms with Crippen LogP contribution in [0, 0.1) is 6.92 Å². The number of benzene rings is 1. The summed E-state index contributed by atoms with van der Waals surface area (Å²) in [5.74, 6) is -0.497. The van der Waals surface area contributed by atoms with Crippen molar-refractivity contribution in [3.63, 3.8) is 0 Å². The van der Waals surface area contributed by atoms with Crippen molar-refractivity contribution < 1.29 is 32.2 Å². The van der Waals surface area contributed by atoms with Gasteiger partial charge in [0.1, 0.15) is 11.3 Å². The number of ketones is 1. The number of aromatic nitrogens is 3. The molecule has 0 aliphatic heterocycles. The van der Waals surface area contributed by atoms with Gasteiger partial charge in [-0.1, -0.05) is 0 Å². The van der Waals surface area contributed by atoms with E-state index in [1.807, 2.05) is 0 Å². The Hall–Kier alpha value is -3.69. The highest BCUT2D eigenvalue weighted by atomic mass is 19.4. The minimum Gasteiger partial charge on any atom is -0.497 e. The zero-order valence-electron chi connectivity index (χ0n) is 16.8. The predicted molar refractivity (Wildman–Crippen MR) is 103 cm³/mol. The number of nitrogens with zero attached hydrogens (tertiary/aromatic N) is 3. The largest absolute Gasteiger partial charge is 0.497 e. The number of hydrogen-bond acceptors (Lipinski definition) is 6. The Kier molecular flexibility index (Phi) is 6.09. The number of carbonyl (C=O) groups is 2. The van der Waals surface area contributed by atoms with Gasteiger partial charge in [-0.2, -0.15) is 18.3 Å². The third-order valence-electron chi connectivity index (χ3n) is 4.55. The summed E-state index contributed by atoms with van der Waals surface area (Å²) in [6, 6.07) is 8.38. The van der Waals surface area contributed by atoms with E-state index >= 15 is 0 Å². The first-order chi connectivity index (χ1) is 14.6. The van der Waals surface area contributed by atoms with E-state index in [4.69, 9.17) is 9.47 Å². The Bertz CT molecular complexity index is 1090. The van der Waals surface area contributed by atoms with Gasteiger partial charge in [-0.05, 0) is 50.2 Å². The standard InChI is InChI=1S/C21H18F3N3O4/c1-12-17(11-26-27(12)18-9-6-15(10-25-18)21(22,23)24)20(29)31-13(2)19(28)14-4-7-16(30-3)8-5-14/h4-11,13H,1-3H3. The quantitative estimate of drug-likeness (QED) is 0.431. The van der Waals surface area contributed by atoms with Crippen molar-refractivity contribution in [2.45, 2.75) is 26.1 Å². The Morgan fingerprint density at radius 1 is 1.06 bits per heavy atom. The maximum atomic E-state index is 12.7. The SMILES string of the molecule is COc1ccc(C(=O)C(C)OC(=O)c2cnn(-c3ccc(C(F)(F)F)cn3)c2C)cc1. The molecule has 0 saturated heterocycles. The second kappa shape index (κ2) is 8.58. The average Bonchev–Trinajstić information content (AvgIpc) is 3.14. The minimum atomic E-state index is -4.51. The van der Waals surface area contributed by atoms with E-state index in [1.54, 1.807) is 31.2 Å². The molecule has 0 aliphatic rings. The van der Waals surface area contributed by atoms with Crippen molar-refractivity contribution in [1.82, 2.24) is 14.8 Å². The number of Topliss-reactive ketones (excluding diaryl/α,β-unsaturated/α-hetero) is 1. The summed E-state index contributed by atoms with van der Waals surface area (Å²) in [6.45, 7) is 2.99. The maximum Gasteiger partial charge on any atom is 0.417 e. The summed E-state index contributed by atoms with van der Waals surface area (Å²) in [5.41, 5.74) is -0.175. The number of esters is 1. The lowest BCUT2D eigenvalue weighted by molar-refractivity contribution is -0.137. The summed E-state index contributed by atoms with van der Waals surface area (Å²) in [5, 5.41) is 4.00. The van der Waals surface area contributed by atoms with Crippen LogP contribution in [0.4, 0.5) is 13.2 Å². The van der Waals surface area contributed by atoms with Gasteiger partial charge >= 0.3 is 12.1 Å². The smallest absolute Gasteiger partial charge is 0.417 e. The van der Waals surface area contributed by atoms with E-state index in [-0.39, 0.29) is 11.4 Å². The molecule has 0 spiro atoms. The molecule has 7 nitrogen and oxygen atoms in total. The second-order valence-corrected chi connectivity index (χ2v) is 6.60. The molecule has 10 heteroatoms. The zero-order valence-corrected chi connectivity index (χ0v) is 16.8. The first-order valence-corrected chi connectivity index (χ1v) is 9.09. The third-order valence-corrected chi connectivity index (χ3v) is 4.55. The summed E-state index contributed by atoms with van der Waals surface area (Å²) in [7, 11) is 1.50. The van der Waals surface area contributed by atoms with Crippen molar-refractivity contribution in [3.05, 3.63) is 71.2 Å². The topological polar surface area (TPSA) is 83.3 Å². The second-order valence-electron chi connectivity index (χ2n) is 6.60. The van der Waals surface area contributed by atoms with E-state index in [9.17, 15) is 22.8 Å². The molecular formula is C21H18F3N3O4. The molecule has 162 valence electrons. The molecule has 2 heterocycles. The number of carbonyl (C=O) groups excluding carboxylic acids is 2. The van der Waals surface area contributed by atoms with Crippen molar-refractivity contribution in [2.24, 2.45) is 0 Å². The van der Waals surface area contributed by atoms with E-state index in [2.05, 4.69) is 10.1 Å². The monoisotopic (exact) mass is 433 g/mol. The molecule has 1 aromatic carbocycles. The van der Waals surface area contributed by atoms with Crippen LogP contribution in [0.25, 0.3) is 5.82 Å². The van der Waals surface area contributed by atoms with Crippen LogP contribution in [-0.2, 0) is 10.9 Å². The fourth-order valence-electron chi connectivity index (χ4n) is 2.79. The first-order valence-electron chi connectivity index (χ1n) is 9.09. The molecule has 31 heavy (non-hydrogen) atoms. The van der Waals surface area contributed by atoms with Crippen LogP contribution in [0.5, 0.6) is 5.75 Å². The molecule has 0 radical (unpaired) electrons. The molecule has 0 saturated carbocycles. The van der Waals surface area contributed by atoms with E-state index in [0.717, 1.165) is 12.1 Å². The van der Waals surface area contributed by atoms with Crippen LogP contribution >= 0.6 is 0 Å². The fraction of sp³-hybridized carbons (Fsp3) is 0.238. The third kappa shape index (κ3) is 4.73. The van der Waals surface area contributed by atoms with E-state index < -0.39 is 29.6 Å². The molecule has 3 rings (SSSR count). The van der Waals surface area contributed by atoms with Gasteiger partial charge in [-0.15, -0.1) is 0 Å². The van der Waals surface area contributed by atoms with Gasteiger partial charge < -0.3 is 9.47 Å². The molecule has 0 amide bonds. The maximum absolute atomic E-state index is 12.7. The molecular weight excluding hydrogens is 415 g/mol. The Labute approximate surface area is 175 Å². The molecule has 0 N–H and O–H groups in total. The summed E-state index contributed by atoms with van der Waals surface area (Å²) in [4.78, 5) is 28.8. The summed E-state index contributed by atoms with van der Waals surface area (Å²) < 4.78 is 49.6. The lowest BCUT2D eigenvalue weighted by Crippen LogP contribution is -2.24. The molecule has 3 aromatic rings. The van der Waals surface area contributed by atoms with Crippen molar-refractivity contribution in [3.8, 4) is 11.6 Å². The lowest BCUT2D eigenvalue weighted by Gasteiger charge is -2.12. The van der Waals surface area contributed by atoms with Crippen molar-refractivity contribution in [2.75, 3.05) is 7.11 Å². The summed E-state index contributed by atoms with van der Waals surface area (Å²) in [6.07, 6.45) is -3.68. The molecule has 1 unspecified atom stereocenters. The van der Waals surface area contributed by atoms with Crippen LogP contribution in [-0.4, -0.2) is 39.7 Å². The number of halogens is 3. The van der Waals surface area contributed by atoms with E-state index in [0.29, 0.717) is 23.2 Å². The van der Waals surface area contributed by atoms with Crippen LogP contribution in [0.1, 0.15) is 38.9 Å². The van der Waals surface area contributed by atoms with Crippen molar-refractivity contribution in [1.29, 1.82) is 0 Å². The Morgan fingerprint density at radius 3 is 2.29 bits per heavy atom. The van der Waals surface area contributed by atoms with Gasteiger partial charge in [0.25, 0.3) is 0 Å². The van der Waals surface area contributed by atoms with E-state index in [1.165, 1.54) is 24.9 Å². The fourth-order valence-corrected chi connectivity index (χ4v) is 2.79. The van der Waals surface area contributed by atoms with Crippen LogP contribution in [0.3, 0.4) is 0 Å². The Morgan fingerprint density at radius 2 is 1.74 bits per heavy atom. The number of hydrogen-bond donors (Lipinski definition) is 0. The van der Waals surface area contributed by atoms with Crippen LogP contribution in [0.15, 0.2) is 48.8 Å². The zero-order chi connectivity index (χ0) is 22.8. The normalized spacial score (nSPS) is 12.3. The minimum absolute atomic E-state index is 0.0658. The van der Waals surface area contributed by atoms with Gasteiger partial charge in [0.2, 0.25) is 5.78 Å². The average molecular weight is 433 g/mol. The van der Waals surface area contributed by atoms with Gasteiger partial charge in [-0.3, -0.25) is 4.79 Å². The van der Waals surface area contributed by atoms with Gasteiger partial charge in [-0.25, -0.2) is 14.5 Å². The highest BCUT2D eigenvalue weighted by Crippen LogP contribution is 2.29. The summed E-state index contributed by atoms with van der Waals surface area (Å²) >= 11 is 0. The van der Waals surface area contributed by atoms with Crippen molar-refractivity contribution >= 4 is 11.8 Å². The number of pyridine rings is 1. The van der Waals surface area contributed by atoms with Crippen LogP contribution in [0.2, 0.25) is 0 Å².